The second-order valence-electron chi connectivity index (χ2n) is 7.07. The minimum atomic E-state index is -0.299. The standard InChI is InChI=1S/C23H16Br2N4O/c24-16-9-5-14(6-10-16)20-13-21(22-26-18-3-1-2-4-19(18)27-22)29(28-20)23(30)15-7-11-17(25)12-8-15/h1-12,21H,13H2,(H,26,27). The first kappa shape index (κ1) is 19.2. The lowest BCUT2D eigenvalue weighted by molar-refractivity contribution is 0.0705. The quantitative estimate of drug-likeness (QED) is 0.353. The van der Waals surface area contributed by atoms with E-state index in [1.54, 1.807) is 17.1 Å². The van der Waals surface area contributed by atoms with E-state index in [4.69, 9.17) is 10.1 Å². The summed E-state index contributed by atoms with van der Waals surface area (Å²) in [4.78, 5) is 21.5. The maximum absolute atomic E-state index is 13.3. The Morgan fingerprint density at radius 3 is 2.30 bits per heavy atom. The van der Waals surface area contributed by atoms with Crippen LogP contribution in [0.15, 0.2) is 86.8 Å². The van der Waals surface area contributed by atoms with E-state index in [1.165, 1.54) is 0 Å². The average Bonchev–Trinajstić information content (AvgIpc) is 3.39. The van der Waals surface area contributed by atoms with Gasteiger partial charge in [0, 0.05) is 20.9 Å². The predicted octanol–water partition coefficient (Wildman–Crippen LogP) is 6.08. The second kappa shape index (κ2) is 7.81. The largest absolute Gasteiger partial charge is 0.340 e. The van der Waals surface area contributed by atoms with Crippen molar-refractivity contribution in [2.45, 2.75) is 12.5 Å². The van der Waals surface area contributed by atoms with Crippen LogP contribution >= 0.6 is 31.9 Å². The van der Waals surface area contributed by atoms with E-state index < -0.39 is 0 Å². The van der Waals surface area contributed by atoms with Crippen molar-refractivity contribution >= 4 is 54.5 Å². The molecular formula is C23H16Br2N4O. The van der Waals surface area contributed by atoms with Crippen LogP contribution in [0.1, 0.15) is 34.2 Å². The van der Waals surface area contributed by atoms with Crippen LogP contribution in [0.2, 0.25) is 0 Å². The minimum Gasteiger partial charge on any atom is -0.340 e. The molecule has 4 aromatic rings. The number of H-pyrrole nitrogens is 1. The molecular weight excluding hydrogens is 508 g/mol. The molecule has 1 aliphatic rings. The Morgan fingerprint density at radius 2 is 1.60 bits per heavy atom. The summed E-state index contributed by atoms with van der Waals surface area (Å²) in [5.41, 5.74) is 4.25. The Morgan fingerprint density at radius 1 is 0.933 bits per heavy atom. The highest BCUT2D eigenvalue weighted by Gasteiger charge is 2.35. The molecule has 1 N–H and O–H groups in total. The normalized spacial score (nSPS) is 16.1. The SMILES string of the molecule is O=C(c1ccc(Br)cc1)N1N=C(c2ccc(Br)cc2)CC1c1nc2ccccc2[nH]1. The van der Waals surface area contributed by atoms with E-state index in [0.29, 0.717) is 12.0 Å². The van der Waals surface area contributed by atoms with Crippen molar-refractivity contribution in [2.75, 3.05) is 0 Å². The molecule has 1 atom stereocenters. The molecule has 0 bridgehead atoms. The van der Waals surface area contributed by atoms with Gasteiger partial charge >= 0.3 is 0 Å². The van der Waals surface area contributed by atoms with Gasteiger partial charge < -0.3 is 4.98 Å². The van der Waals surface area contributed by atoms with Gasteiger partial charge in [0.15, 0.2) is 0 Å². The number of carbonyl (C=O) groups is 1. The minimum absolute atomic E-state index is 0.153. The van der Waals surface area contributed by atoms with E-state index in [-0.39, 0.29) is 11.9 Å². The van der Waals surface area contributed by atoms with Gasteiger partial charge in [-0.25, -0.2) is 9.99 Å². The fourth-order valence-electron chi connectivity index (χ4n) is 3.58. The molecule has 0 saturated carbocycles. The van der Waals surface area contributed by atoms with Crippen molar-refractivity contribution < 1.29 is 4.79 Å². The Kier molecular flexibility index (Phi) is 5.00. The fourth-order valence-corrected chi connectivity index (χ4v) is 4.11. The summed E-state index contributed by atoms with van der Waals surface area (Å²) in [7, 11) is 0. The molecule has 5 rings (SSSR count). The van der Waals surface area contributed by atoms with Crippen LogP contribution in [-0.4, -0.2) is 26.6 Å². The third-order valence-electron chi connectivity index (χ3n) is 5.11. The molecule has 0 aliphatic carbocycles. The van der Waals surface area contributed by atoms with Gasteiger partial charge in [0.2, 0.25) is 0 Å². The zero-order valence-electron chi connectivity index (χ0n) is 15.7. The van der Waals surface area contributed by atoms with Gasteiger partial charge in [0.1, 0.15) is 11.9 Å². The maximum Gasteiger partial charge on any atom is 0.274 e. The molecule has 148 valence electrons. The Labute approximate surface area is 190 Å². The number of carbonyl (C=O) groups excluding carboxylic acids is 1. The average molecular weight is 524 g/mol. The number of nitrogens with zero attached hydrogens (tertiary/aromatic N) is 3. The van der Waals surface area contributed by atoms with Crippen molar-refractivity contribution in [3.05, 3.63) is 98.7 Å². The zero-order chi connectivity index (χ0) is 20.7. The summed E-state index contributed by atoms with van der Waals surface area (Å²) in [5.74, 6) is 0.581. The monoisotopic (exact) mass is 522 g/mol. The molecule has 2 heterocycles. The highest BCUT2D eigenvalue weighted by molar-refractivity contribution is 9.10. The topological polar surface area (TPSA) is 61.4 Å². The van der Waals surface area contributed by atoms with Crippen LogP contribution in [0.5, 0.6) is 0 Å². The smallest absolute Gasteiger partial charge is 0.274 e. The van der Waals surface area contributed by atoms with Crippen LogP contribution in [0.4, 0.5) is 0 Å². The first-order valence-corrected chi connectivity index (χ1v) is 11.0. The maximum atomic E-state index is 13.3. The first-order valence-electron chi connectivity index (χ1n) is 9.46. The lowest BCUT2D eigenvalue weighted by Gasteiger charge is -2.20. The molecule has 5 nitrogen and oxygen atoms in total. The van der Waals surface area contributed by atoms with Gasteiger partial charge in [-0.05, 0) is 54.1 Å². The molecule has 0 radical (unpaired) electrons. The summed E-state index contributed by atoms with van der Waals surface area (Å²) >= 11 is 6.89. The number of nitrogens with one attached hydrogen (secondary N) is 1. The second-order valence-corrected chi connectivity index (χ2v) is 8.90. The summed E-state index contributed by atoms with van der Waals surface area (Å²) in [6, 6.07) is 22.9. The lowest BCUT2D eigenvalue weighted by atomic mass is 10.0. The summed E-state index contributed by atoms with van der Waals surface area (Å²) in [5, 5.41) is 6.28. The lowest BCUT2D eigenvalue weighted by Crippen LogP contribution is -2.27. The molecule has 0 saturated heterocycles. The molecule has 30 heavy (non-hydrogen) atoms. The van der Waals surface area contributed by atoms with E-state index in [1.807, 2.05) is 60.7 Å². The van der Waals surface area contributed by atoms with Crippen molar-refractivity contribution in [3.8, 4) is 0 Å². The molecule has 7 heteroatoms. The number of rotatable bonds is 3. The predicted molar refractivity (Wildman–Crippen MR) is 124 cm³/mol. The molecule has 1 aliphatic heterocycles. The molecule has 3 aromatic carbocycles. The number of hydrazone groups is 1. The summed E-state index contributed by atoms with van der Waals surface area (Å²) < 4.78 is 1.93. The number of aromatic amines is 1. The number of hydrogen-bond acceptors (Lipinski definition) is 3. The molecule has 1 amide bonds. The van der Waals surface area contributed by atoms with Crippen LogP contribution in [0, 0.1) is 0 Å². The number of imidazole rings is 1. The fraction of sp³-hybridized carbons (Fsp3) is 0.0870. The van der Waals surface area contributed by atoms with Gasteiger partial charge in [-0.1, -0.05) is 56.1 Å². The highest BCUT2D eigenvalue weighted by atomic mass is 79.9. The number of hydrogen-bond donors (Lipinski definition) is 1. The van der Waals surface area contributed by atoms with Crippen molar-refractivity contribution in [3.63, 3.8) is 0 Å². The van der Waals surface area contributed by atoms with E-state index >= 15 is 0 Å². The number of benzene rings is 3. The Balaban J connectivity index is 1.56. The molecule has 0 spiro atoms. The zero-order valence-corrected chi connectivity index (χ0v) is 18.9. The number of halogens is 2. The summed E-state index contributed by atoms with van der Waals surface area (Å²) in [6.45, 7) is 0. The van der Waals surface area contributed by atoms with Crippen LogP contribution in [0.3, 0.4) is 0 Å². The molecule has 0 fully saturated rings. The van der Waals surface area contributed by atoms with Crippen LogP contribution < -0.4 is 0 Å². The van der Waals surface area contributed by atoms with Crippen molar-refractivity contribution in [2.24, 2.45) is 5.10 Å². The molecule has 1 aromatic heterocycles. The summed E-state index contributed by atoms with van der Waals surface area (Å²) in [6.07, 6.45) is 0.587. The third kappa shape index (κ3) is 3.59. The van der Waals surface area contributed by atoms with E-state index in [2.05, 4.69) is 36.8 Å². The van der Waals surface area contributed by atoms with E-state index in [0.717, 1.165) is 37.1 Å². The van der Waals surface area contributed by atoms with Crippen LogP contribution in [0.25, 0.3) is 11.0 Å². The third-order valence-corrected chi connectivity index (χ3v) is 6.17. The van der Waals surface area contributed by atoms with Crippen LogP contribution in [-0.2, 0) is 0 Å². The Bertz CT molecular complexity index is 1230. The van der Waals surface area contributed by atoms with E-state index in [9.17, 15) is 4.79 Å². The number of para-hydroxylation sites is 2. The number of amides is 1. The number of fused-ring (bicyclic) bond motifs is 1. The van der Waals surface area contributed by atoms with Crippen molar-refractivity contribution in [1.82, 2.24) is 15.0 Å². The number of aromatic nitrogens is 2. The van der Waals surface area contributed by atoms with Gasteiger partial charge in [0.05, 0.1) is 16.7 Å². The van der Waals surface area contributed by atoms with Gasteiger partial charge in [-0.2, -0.15) is 5.10 Å². The Hall–Kier alpha value is -2.77. The van der Waals surface area contributed by atoms with Gasteiger partial charge in [-0.3, -0.25) is 4.79 Å². The van der Waals surface area contributed by atoms with Crippen molar-refractivity contribution in [1.29, 1.82) is 0 Å². The highest BCUT2D eigenvalue weighted by Crippen LogP contribution is 2.34. The first-order chi connectivity index (χ1) is 14.6. The molecule has 1 unspecified atom stereocenters. The van der Waals surface area contributed by atoms with Gasteiger partial charge in [0.25, 0.3) is 5.91 Å². The van der Waals surface area contributed by atoms with Gasteiger partial charge in [-0.15, -0.1) is 0 Å².